The number of fused-ring (bicyclic) bond motifs is 3. The molecule has 9 aromatic heterocycles. The van der Waals surface area contributed by atoms with E-state index in [1.54, 1.807) is 0 Å². The maximum absolute atomic E-state index is 5.08. The molecule has 1 aliphatic rings. The van der Waals surface area contributed by atoms with Gasteiger partial charge in [0.15, 0.2) is 0 Å². The minimum Gasteiger partial charge on any atom is -0.467 e. The number of para-hydroxylation sites is 1. The van der Waals surface area contributed by atoms with Gasteiger partial charge in [-0.25, -0.2) is 0 Å². The summed E-state index contributed by atoms with van der Waals surface area (Å²) in [5.74, 6) is 2.52. The summed E-state index contributed by atoms with van der Waals surface area (Å²) in [5.41, 5.74) is 35.8. The van der Waals surface area contributed by atoms with Crippen molar-refractivity contribution in [2.45, 2.75) is 214 Å². The van der Waals surface area contributed by atoms with Crippen molar-refractivity contribution in [1.29, 1.82) is 0 Å². The third-order valence-electron chi connectivity index (χ3n) is 18.0. The fourth-order valence-corrected chi connectivity index (χ4v) is 11.5. The van der Waals surface area contributed by atoms with Crippen molar-refractivity contribution in [3.8, 4) is 16.8 Å². The molecule has 13 rings (SSSR count). The number of hydrogen-bond acceptors (Lipinski definition) is 10. The zero-order chi connectivity index (χ0) is 75.0. The van der Waals surface area contributed by atoms with Crippen LogP contribution in [0.5, 0.6) is 0 Å². The van der Waals surface area contributed by atoms with Crippen LogP contribution in [0.15, 0.2) is 138 Å². The first-order valence-corrected chi connectivity index (χ1v) is 35.5. The highest BCUT2D eigenvalue weighted by Gasteiger charge is 2.24. The lowest BCUT2D eigenvalue weighted by Gasteiger charge is -2.08. The number of benzene rings is 3. The van der Waals surface area contributed by atoms with E-state index in [1.165, 1.54) is 88.3 Å². The fourth-order valence-electron chi connectivity index (χ4n) is 10.7. The molecule has 0 aliphatic heterocycles. The van der Waals surface area contributed by atoms with E-state index in [2.05, 4.69) is 268 Å². The molecule has 0 saturated heterocycles. The fraction of sp³-hybridized carbons (Fsp3) is 0.364. The second kappa shape index (κ2) is 39.5. The van der Waals surface area contributed by atoms with E-state index in [9.17, 15) is 0 Å². The van der Waals surface area contributed by atoms with E-state index < -0.39 is 0 Å². The molecule has 0 bridgehead atoms. The maximum atomic E-state index is 5.08. The number of aryl methyl sites for hydroxylation is 27. The number of nitrogens with zero attached hydrogens (tertiary/aromatic N) is 10. The van der Waals surface area contributed by atoms with E-state index >= 15 is 0 Å². The number of hydrogen-bond donors (Lipinski definition) is 0. The molecular weight excluding hydrogens is 1250 g/mol. The van der Waals surface area contributed by atoms with Crippen molar-refractivity contribution >= 4 is 11.3 Å². The molecule has 11 nitrogen and oxygen atoms in total. The van der Waals surface area contributed by atoms with E-state index in [0.29, 0.717) is 5.92 Å². The summed E-state index contributed by atoms with van der Waals surface area (Å²) >= 11 is 1.84. The lowest BCUT2D eigenvalue weighted by Crippen LogP contribution is -1.97. The molecule has 12 aromatic rings. The van der Waals surface area contributed by atoms with Gasteiger partial charge in [0.1, 0.15) is 11.5 Å². The van der Waals surface area contributed by atoms with Gasteiger partial charge in [0.25, 0.3) is 0 Å². The van der Waals surface area contributed by atoms with Crippen molar-refractivity contribution in [3.05, 3.63) is 308 Å². The monoisotopic (exact) mass is 1360 g/mol. The van der Waals surface area contributed by atoms with Crippen LogP contribution in [-0.4, -0.2) is 49.0 Å². The predicted octanol–water partition coefficient (Wildman–Crippen LogP) is 22.9. The van der Waals surface area contributed by atoms with Gasteiger partial charge in [-0.2, -0.15) is 0 Å². The van der Waals surface area contributed by atoms with Crippen LogP contribution in [-0.2, 0) is 7.05 Å². The molecule has 1 aliphatic carbocycles. The lowest BCUT2D eigenvalue weighted by atomic mass is 9.99. The molecule has 0 fully saturated rings. The Kier molecular flexibility index (Phi) is 32.9. The zero-order valence-corrected chi connectivity index (χ0v) is 67.4. The third-order valence-corrected chi connectivity index (χ3v) is 18.9. The Morgan fingerprint density at radius 2 is 0.640 bits per heavy atom. The van der Waals surface area contributed by atoms with Crippen LogP contribution in [0.2, 0.25) is 0 Å². The number of furan rings is 1. The summed E-state index contributed by atoms with van der Waals surface area (Å²) in [6, 6.07) is 46.9. The smallest absolute Gasteiger partial charge is 0.101 e. The Balaban J connectivity index is 0.000000238. The van der Waals surface area contributed by atoms with Crippen LogP contribution in [0.3, 0.4) is 0 Å². The minimum absolute atomic E-state index is 0.553. The van der Waals surface area contributed by atoms with Crippen LogP contribution in [0.4, 0.5) is 0 Å². The summed E-state index contributed by atoms with van der Waals surface area (Å²) in [6.07, 6.45) is 0. The average molecular weight is 1360 g/mol. The molecule has 100 heavy (non-hydrogen) atoms. The van der Waals surface area contributed by atoms with Crippen molar-refractivity contribution in [2.24, 2.45) is 7.05 Å². The van der Waals surface area contributed by atoms with Gasteiger partial charge in [-0.15, -0.1) is 11.3 Å². The van der Waals surface area contributed by atoms with Crippen LogP contribution < -0.4 is 0 Å². The predicted molar refractivity (Wildman–Crippen MR) is 426 cm³/mol. The summed E-state index contributed by atoms with van der Waals surface area (Å²) < 4.78 is 9.50. The SMILES string of the molecule is Cc1cc(C)c(C)c(C)n1.Cc1cc(C)c(C)c(C)n1.Cc1ccc(C)n1-c1ccccc1.Cc1ccc(C)n1C.Cc1ccc(C)o1.Cc1ccc(C)s1.Cc1ccc2c(c1)-c1ccccc1C2C.Cc1nc(C)c(C)nc1C.Cc1nc(C)c(C)nc1C.Cc1nc(C)c(C)nc1C. The number of rotatable bonds is 1. The van der Waals surface area contributed by atoms with E-state index in [1.807, 2.05) is 140 Å². The topological polar surface area (TPSA) is 126 Å². The van der Waals surface area contributed by atoms with Crippen molar-refractivity contribution in [2.75, 3.05) is 0 Å². The van der Waals surface area contributed by atoms with E-state index in [-0.39, 0.29) is 0 Å². The summed E-state index contributed by atoms with van der Waals surface area (Å²) in [6.45, 7) is 61.4. The molecule has 0 N–H and O–H groups in total. The molecule has 0 amide bonds. The van der Waals surface area contributed by atoms with Gasteiger partial charge < -0.3 is 13.6 Å². The minimum atomic E-state index is 0.553. The molecule has 0 saturated carbocycles. The van der Waals surface area contributed by atoms with Gasteiger partial charge in [0, 0.05) is 74.0 Å². The van der Waals surface area contributed by atoms with E-state index in [4.69, 9.17) is 4.42 Å². The van der Waals surface area contributed by atoms with Crippen LogP contribution in [0.25, 0.3) is 16.8 Å². The largest absolute Gasteiger partial charge is 0.467 e. The Bertz CT molecular complexity index is 4080. The number of thiophene rings is 1. The van der Waals surface area contributed by atoms with Crippen molar-refractivity contribution in [1.82, 2.24) is 49.0 Å². The molecule has 9 heterocycles. The molecule has 1 atom stereocenters. The number of pyridine rings is 2. The first-order valence-electron chi connectivity index (χ1n) is 34.6. The molecule has 530 valence electrons. The normalized spacial score (nSPS) is 11.1. The molecule has 1 unspecified atom stereocenters. The lowest BCUT2D eigenvalue weighted by molar-refractivity contribution is 0.504. The summed E-state index contributed by atoms with van der Waals surface area (Å²) in [4.78, 5) is 37.3. The second-order valence-electron chi connectivity index (χ2n) is 26.5. The van der Waals surface area contributed by atoms with Crippen molar-refractivity contribution < 1.29 is 4.42 Å². The second-order valence-corrected chi connectivity index (χ2v) is 27.9. The highest BCUT2D eigenvalue weighted by Crippen LogP contribution is 2.44. The molecule has 3 aromatic carbocycles. The van der Waals surface area contributed by atoms with Gasteiger partial charge in [-0.05, 0) is 318 Å². The molecule has 0 radical (unpaired) electrons. The van der Waals surface area contributed by atoms with Crippen LogP contribution >= 0.6 is 11.3 Å². The first-order chi connectivity index (χ1) is 46.9. The Morgan fingerprint density at radius 1 is 0.310 bits per heavy atom. The Labute approximate surface area is 606 Å². The van der Waals surface area contributed by atoms with Gasteiger partial charge in [-0.3, -0.25) is 39.9 Å². The molecule has 0 spiro atoms. The average Bonchev–Trinajstić information content (AvgIpc) is 1.62. The highest BCUT2D eigenvalue weighted by atomic mass is 32.1. The van der Waals surface area contributed by atoms with Crippen molar-refractivity contribution in [3.63, 3.8) is 0 Å². The first kappa shape index (κ1) is 83.2. The highest BCUT2D eigenvalue weighted by molar-refractivity contribution is 7.11. The zero-order valence-electron chi connectivity index (χ0n) is 66.6. The van der Waals surface area contributed by atoms with E-state index in [0.717, 1.165) is 103 Å². The quantitative estimate of drug-likeness (QED) is 0.158. The Morgan fingerprint density at radius 3 is 0.940 bits per heavy atom. The van der Waals surface area contributed by atoms with Gasteiger partial charge in [-0.1, -0.05) is 73.2 Å². The van der Waals surface area contributed by atoms with Gasteiger partial charge >= 0.3 is 0 Å². The standard InChI is InChI=1S/C15H14.C12H13N.2C9H13N.3C8H12N2.C7H11N.C6H8O.C6H8S/c1-10-7-8-13-11(2)12-5-3-4-6-14(12)15(13)9-10;1-10-8-9-11(2)13(10)12-6-4-3-5-7-12;2*1-6-5-7(2)10-9(4)8(6)3;3*1-5-6(2)10-8(4)7(3)9-5;1-6-4-5-7(2)8(6)3;2*1-5-3-4-6(2)7-5/h3-9,11H,1-2H3;3-9H,1-2H3;2*5H,1-4H3;3*1-4H3;4-5H,1-3H3;2*3-4H,1-2H3. The third kappa shape index (κ3) is 25.8. The van der Waals surface area contributed by atoms with Gasteiger partial charge in [0.05, 0.1) is 68.3 Å². The Hall–Kier alpha value is -9.26. The molecule has 12 heteroatoms. The van der Waals surface area contributed by atoms with Crippen LogP contribution in [0, 0.1) is 201 Å². The number of aromatic nitrogens is 10. The van der Waals surface area contributed by atoms with Crippen LogP contribution in [0.1, 0.15) is 187 Å². The van der Waals surface area contributed by atoms with Gasteiger partial charge in [0.2, 0.25) is 0 Å². The summed E-state index contributed by atoms with van der Waals surface area (Å²) in [7, 11) is 2.07. The maximum Gasteiger partial charge on any atom is 0.101 e. The summed E-state index contributed by atoms with van der Waals surface area (Å²) in [5, 5.41) is 0. The molecular formula is C88H116N10OS.